The van der Waals surface area contributed by atoms with Crippen LogP contribution in [0.5, 0.6) is 5.75 Å². The van der Waals surface area contributed by atoms with E-state index in [-0.39, 0.29) is 0 Å². The van der Waals surface area contributed by atoms with Crippen LogP contribution in [-0.2, 0) is 20.1 Å². The van der Waals surface area contributed by atoms with Crippen molar-refractivity contribution in [2.24, 2.45) is 12.0 Å². The average Bonchev–Trinajstić information content (AvgIpc) is 3.01. The summed E-state index contributed by atoms with van der Waals surface area (Å²) in [5.74, 6) is 4.65. The molecule has 8 heteroatoms. The lowest BCUT2D eigenvalue weighted by Gasteiger charge is -2.23. The molecule has 1 N–H and O–H groups in total. The van der Waals surface area contributed by atoms with Gasteiger partial charge in [0, 0.05) is 27.2 Å². The maximum absolute atomic E-state index is 5.52. The monoisotopic (exact) mass is 404 g/mol. The number of hydrogen-bond donors (Lipinski definition) is 1. The molecule has 1 heterocycles. The van der Waals surface area contributed by atoms with E-state index in [2.05, 4.69) is 45.9 Å². The largest absolute Gasteiger partial charge is 0.494 e. The third-order valence-electron chi connectivity index (χ3n) is 4.38. The van der Waals surface area contributed by atoms with Gasteiger partial charge in [-0.25, -0.2) is 4.99 Å². The van der Waals surface area contributed by atoms with E-state index in [0.717, 1.165) is 48.6 Å². The molecule has 0 aliphatic rings. The van der Waals surface area contributed by atoms with Crippen molar-refractivity contribution in [3.63, 3.8) is 0 Å². The summed E-state index contributed by atoms with van der Waals surface area (Å²) in [6, 6.07) is 8.22. The first-order valence-electron chi connectivity index (χ1n) is 9.60. The van der Waals surface area contributed by atoms with Gasteiger partial charge in [-0.1, -0.05) is 12.1 Å². The van der Waals surface area contributed by atoms with Crippen LogP contribution in [0.4, 0.5) is 0 Å². The van der Waals surface area contributed by atoms with E-state index in [1.54, 1.807) is 0 Å². The maximum atomic E-state index is 5.52. The van der Waals surface area contributed by atoms with Crippen LogP contribution in [0.25, 0.3) is 0 Å². The van der Waals surface area contributed by atoms with Crippen molar-refractivity contribution in [2.45, 2.75) is 33.4 Å². The molecule has 0 fully saturated rings. The molecule has 0 saturated carbocycles. The number of hydrogen-bond acceptors (Lipinski definition) is 5. The topological polar surface area (TPSA) is 67.6 Å². The summed E-state index contributed by atoms with van der Waals surface area (Å²) in [7, 11) is 4.02. The second kappa shape index (κ2) is 11.6. The number of rotatable bonds is 10. The number of benzene rings is 1. The van der Waals surface area contributed by atoms with Gasteiger partial charge in [-0.3, -0.25) is 0 Å². The fourth-order valence-corrected chi connectivity index (χ4v) is 3.10. The van der Waals surface area contributed by atoms with Crippen LogP contribution in [0.15, 0.2) is 29.3 Å². The fraction of sp³-hybridized carbons (Fsp3) is 0.550. The minimum Gasteiger partial charge on any atom is -0.494 e. The zero-order chi connectivity index (χ0) is 20.4. The Balaban J connectivity index is 2.05. The lowest BCUT2D eigenvalue weighted by Crippen LogP contribution is -2.39. The molecule has 0 unspecified atom stereocenters. The van der Waals surface area contributed by atoms with Gasteiger partial charge in [0.1, 0.15) is 18.1 Å². The third-order valence-corrected chi connectivity index (χ3v) is 5.07. The normalized spacial score (nSPS) is 11.5. The van der Waals surface area contributed by atoms with Gasteiger partial charge >= 0.3 is 0 Å². The van der Waals surface area contributed by atoms with Gasteiger partial charge < -0.3 is 19.5 Å². The molecule has 1 aromatic heterocycles. The first kappa shape index (κ1) is 22.1. The fourth-order valence-electron chi connectivity index (χ4n) is 2.67. The smallest absolute Gasteiger partial charge is 0.194 e. The molecule has 2 aromatic rings. The van der Waals surface area contributed by atoms with Crippen molar-refractivity contribution in [3.8, 4) is 5.75 Å². The van der Waals surface area contributed by atoms with Crippen LogP contribution in [-0.4, -0.2) is 57.8 Å². The second-order valence-corrected chi connectivity index (χ2v) is 7.55. The lowest BCUT2D eigenvalue weighted by atomic mass is 10.2. The third kappa shape index (κ3) is 6.74. The molecule has 0 bridgehead atoms. The van der Waals surface area contributed by atoms with Crippen LogP contribution in [0.2, 0.25) is 0 Å². The Hall–Kier alpha value is -2.22. The van der Waals surface area contributed by atoms with E-state index in [4.69, 9.17) is 9.73 Å². The van der Waals surface area contributed by atoms with Crippen LogP contribution in [0.3, 0.4) is 0 Å². The van der Waals surface area contributed by atoms with Crippen molar-refractivity contribution in [1.82, 2.24) is 25.0 Å². The zero-order valence-electron chi connectivity index (χ0n) is 17.6. The van der Waals surface area contributed by atoms with Crippen molar-refractivity contribution in [2.75, 3.05) is 32.2 Å². The SMILES string of the molecule is CCOc1ccc(CN(C)C(=NCc2nnc(C)n2C)NCCCSC)cc1. The second-order valence-electron chi connectivity index (χ2n) is 6.57. The molecule has 1 aromatic carbocycles. The summed E-state index contributed by atoms with van der Waals surface area (Å²) in [5.41, 5.74) is 1.21. The standard InChI is InChI=1S/C20H32N6OS/c1-6-27-18-10-8-17(9-11-18)15-25(3)20(21-12-7-13-28-5)22-14-19-24-23-16(2)26(19)4/h8-11H,6-7,12-15H2,1-5H3,(H,21,22). The molecule has 0 radical (unpaired) electrons. The highest BCUT2D eigenvalue weighted by atomic mass is 32.2. The molecule has 154 valence electrons. The molecule has 0 aliphatic heterocycles. The quantitative estimate of drug-likeness (QED) is 0.373. The predicted octanol–water partition coefficient (Wildman–Crippen LogP) is 2.85. The van der Waals surface area contributed by atoms with Gasteiger partial charge in [-0.2, -0.15) is 11.8 Å². The van der Waals surface area contributed by atoms with Gasteiger partial charge in [0.15, 0.2) is 11.8 Å². The Labute approximate surface area is 172 Å². The predicted molar refractivity (Wildman–Crippen MR) is 117 cm³/mol. The number of thioether (sulfide) groups is 1. The summed E-state index contributed by atoms with van der Waals surface area (Å²) in [4.78, 5) is 6.92. The van der Waals surface area contributed by atoms with Crippen LogP contribution in [0, 0.1) is 6.92 Å². The number of aryl methyl sites for hydroxylation is 1. The Kier molecular flexibility index (Phi) is 9.13. The Morgan fingerprint density at radius 1 is 1.29 bits per heavy atom. The van der Waals surface area contributed by atoms with E-state index < -0.39 is 0 Å². The molecule has 0 spiro atoms. The molecule has 0 aliphatic carbocycles. The number of nitrogens with zero attached hydrogens (tertiary/aromatic N) is 5. The van der Waals surface area contributed by atoms with Gasteiger partial charge in [0.25, 0.3) is 0 Å². The number of guanidine groups is 1. The molecule has 0 saturated heterocycles. The molecular weight excluding hydrogens is 372 g/mol. The van der Waals surface area contributed by atoms with Crippen LogP contribution < -0.4 is 10.1 Å². The Morgan fingerprint density at radius 2 is 2.04 bits per heavy atom. The van der Waals surface area contributed by atoms with Crippen molar-refractivity contribution in [3.05, 3.63) is 41.5 Å². The van der Waals surface area contributed by atoms with Crippen molar-refractivity contribution in [1.29, 1.82) is 0 Å². The minimum absolute atomic E-state index is 0.496. The number of ether oxygens (including phenoxy) is 1. The molecule has 0 amide bonds. The molecule has 28 heavy (non-hydrogen) atoms. The summed E-state index contributed by atoms with van der Waals surface area (Å²) in [5, 5.41) is 11.8. The molecule has 0 atom stereocenters. The number of nitrogens with one attached hydrogen (secondary N) is 1. The first-order valence-corrected chi connectivity index (χ1v) is 11.0. The Morgan fingerprint density at radius 3 is 2.64 bits per heavy atom. The van der Waals surface area contributed by atoms with E-state index in [9.17, 15) is 0 Å². The van der Waals surface area contributed by atoms with E-state index >= 15 is 0 Å². The highest BCUT2D eigenvalue weighted by Crippen LogP contribution is 2.13. The van der Waals surface area contributed by atoms with E-state index in [1.807, 2.05) is 49.4 Å². The summed E-state index contributed by atoms with van der Waals surface area (Å²) in [6.45, 7) is 6.77. The lowest BCUT2D eigenvalue weighted by molar-refractivity contribution is 0.340. The summed E-state index contributed by atoms with van der Waals surface area (Å²) in [6.07, 6.45) is 3.23. The zero-order valence-corrected chi connectivity index (χ0v) is 18.4. The van der Waals surface area contributed by atoms with Crippen LogP contribution in [0.1, 0.15) is 30.6 Å². The molecule has 2 rings (SSSR count). The van der Waals surface area contributed by atoms with E-state index in [0.29, 0.717) is 13.2 Å². The van der Waals surface area contributed by atoms with Crippen molar-refractivity contribution >= 4 is 17.7 Å². The molecule has 7 nitrogen and oxygen atoms in total. The van der Waals surface area contributed by atoms with Gasteiger partial charge in [-0.05, 0) is 50.0 Å². The highest BCUT2D eigenvalue weighted by Gasteiger charge is 2.10. The maximum Gasteiger partial charge on any atom is 0.194 e. The number of aliphatic imine (C=N–C) groups is 1. The van der Waals surface area contributed by atoms with Gasteiger partial charge in [0.2, 0.25) is 0 Å². The van der Waals surface area contributed by atoms with E-state index in [1.165, 1.54) is 5.56 Å². The average molecular weight is 405 g/mol. The highest BCUT2D eigenvalue weighted by molar-refractivity contribution is 7.98. The Bertz CT molecular complexity index is 744. The van der Waals surface area contributed by atoms with Gasteiger partial charge in [-0.15, -0.1) is 10.2 Å². The number of aromatic nitrogens is 3. The first-order chi connectivity index (χ1) is 13.5. The van der Waals surface area contributed by atoms with Crippen molar-refractivity contribution < 1.29 is 4.74 Å². The summed E-state index contributed by atoms with van der Waals surface area (Å²) >= 11 is 1.86. The van der Waals surface area contributed by atoms with Gasteiger partial charge in [0.05, 0.1) is 6.61 Å². The van der Waals surface area contributed by atoms with Crippen LogP contribution >= 0.6 is 11.8 Å². The molecular formula is C20H32N6OS. The summed E-state index contributed by atoms with van der Waals surface area (Å²) < 4.78 is 7.50. The minimum atomic E-state index is 0.496.